The minimum atomic E-state index is 0. The highest BCUT2D eigenvalue weighted by Crippen LogP contribution is 2.20. The van der Waals surface area contributed by atoms with Gasteiger partial charge in [-0.3, -0.25) is 4.79 Å². The van der Waals surface area contributed by atoms with Gasteiger partial charge in [-0.2, -0.15) is 0 Å². The van der Waals surface area contributed by atoms with Gasteiger partial charge in [0.05, 0.1) is 6.42 Å². The minimum Gasteiger partial charge on any atom is -0.342 e. The Morgan fingerprint density at radius 1 is 1.22 bits per heavy atom. The first-order valence-corrected chi connectivity index (χ1v) is 8.57. The van der Waals surface area contributed by atoms with Crippen molar-refractivity contribution in [3.63, 3.8) is 0 Å². The van der Waals surface area contributed by atoms with E-state index in [1.165, 1.54) is 5.56 Å². The van der Waals surface area contributed by atoms with Crippen LogP contribution in [-0.2, 0) is 17.6 Å². The van der Waals surface area contributed by atoms with Crippen molar-refractivity contribution in [2.45, 2.75) is 52.5 Å². The van der Waals surface area contributed by atoms with Gasteiger partial charge in [-0.15, -0.1) is 12.4 Å². The van der Waals surface area contributed by atoms with Gasteiger partial charge >= 0.3 is 0 Å². The third kappa shape index (κ3) is 6.15. The van der Waals surface area contributed by atoms with E-state index in [9.17, 15) is 4.79 Å². The Morgan fingerprint density at radius 2 is 1.83 bits per heavy atom. The largest absolute Gasteiger partial charge is 0.342 e. The Bertz CT molecular complexity index is 485. The van der Waals surface area contributed by atoms with Crippen LogP contribution in [0.4, 0.5) is 0 Å². The SMILES string of the molecule is CC(C)Cc1ccc(CC(=O)N2CCCC(C(C)N)C2)cc1.Cl. The molecule has 2 unspecified atom stereocenters. The molecule has 2 atom stereocenters. The van der Waals surface area contributed by atoms with Gasteiger partial charge in [-0.05, 0) is 49.1 Å². The summed E-state index contributed by atoms with van der Waals surface area (Å²) in [6.07, 6.45) is 3.82. The van der Waals surface area contributed by atoms with E-state index < -0.39 is 0 Å². The quantitative estimate of drug-likeness (QED) is 0.894. The van der Waals surface area contributed by atoms with Crippen LogP contribution in [0, 0.1) is 11.8 Å². The van der Waals surface area contributed by atoms with Crippen LogP contribution in [0.2, 0.25) is 0 Å². The number of rotatable bonds is 5. The van der Waals surface area contributed by atoms with Crippen molar-refractivity contribution >= 4 is 18.3 Å². The van der Waals surface area contributed by atoms with Crippen LogP contribution in [0.25, 0.3) is 0 Å². The number of amides is 1. The second kappa shape index (κ2) is 9.29. The van der Waals surface area contributed by atoms with Gasteiger partial charge in [-0.1, -0.05) is 38.1 Å². The fourth-order valence-corrected chi connectivity index (χ4v) is 3.22. The molecule has 2 rings (SSSR count). The zero-order chi connectivity index (χ0) is 16.1. The van der Waals surface area contributed by atoms with Crippen molar-refractivity contribution in [2.75, 3.05) is 13.1 Å². The number of carbonyl (C=O) groups excluding carboxylic acids is 1. The predicted molar refractivity (Wildman–Crippen MR) is 98.9 cm³/mol. The lowest BCUT2D eigenvalue weighted by Crippen LogP contribution is -2.45. The van der Waals surface area contributed by atoms with Crippen LogP contribution in [0.3, 0.4) is 0 Å². The zero-order valence-corrected chi connectivity index (χ0v) is 15.4. The standard InChI is InChI=1S/C19H30N2O.ClH/c1-14(2)11-16-6-8-17(9-7-16)12-19(22)21-10-4-5-18(13-21)15(3)20;/h6-9,14-15,18H,4-5,10-13,20H2,1-3H3;1H. The summed E-state index contributed by atoms with van der Waals surface area (Å²) in [4.78, 5) is 14.5. The monoisotopic (exact) mass is 338 g/mol. The van der Waals surface area contributed by atoms with E-state index in [0.717, 1.165) is 37.9 Å². The van der Waals surface area contributed by atoms with Crippen molar-refractivity contribution in [3.05, 3.63) is 35.4 Å². The second-order valence-electron chi connectivity index (χ2n) is 7.19. The minimum absolute atomic E-state index is 0. The van der Waals surface area contributed by atoms with E-state index >= 15 is 0 Å². The summed E-state index contributed by atoms with van der Waals surface area (Å²) in [5, 5.41) is 0. The van der Waals surface area contributed by atoms with Crippen molar-refractivity contribution in [3.8, 4) is 0 Å². The predicted octanol–water partition coefficient (Wildman–Crippen LogP) is 3.44. The van der Waals surface area contributed by atoms with E-state index in [1.807, 2.05) is 11.8 Å². The first-order chi connectivity index (χ1) is 10.5. The fraction of sp³-hybridized carbons (Fsp3) is 0.632. The number of nitrogens with two attached hydrogens (primary N) is 1. The molecule has 23 heavy (non-hydrogen) atoms. The molecule has 0 bridgehead atoms. The molecule has 1 aliphatic rings. The summed E-state index contributed by atoms with van der Waals surface area (Å²) in [6.45, 7) is 8.20. The summed E-state index contributed by atoms with van der Waals surface area (Å²) in [7, 11) is 0. The average molecular weight is 339 g/mol. The van der Waals surface area contributed by atoms with E-state index in [4.69, 9.17) is 5.73 Å². The first kappa shape index (κ1) is 20.0. The molecule has 0 saturated carbocycles. The van der Waals surface area contributed by atoms with Gasteiger partial charge in [0.15, 0.2) is 0 Å². The summed E-state index contributed by atoms with van der Waals surface area (Å²) in [5.74, 6) is 1.35. The van der Waals surface area contributed by atoms with Gasteiger partial charge in [0.2, 0.25) is 5.91 Å². The number of likely N-dealkylation sites (tertiary alicyclic amines) is 1. The van der Waals surface area contributed by atoms with E-state index in [0.29, 0.717) is 18.3 Å². The topological polar surface area (TPSA) is 46.3 Å². The smallest absolute Gasteiger partial charge is 0.226 e. The molecular weight excluding hydrogens is 308 g/mol. The van der Waals surface area contributed by atoms with Crippen LogP contribution in [0.5, 0.6) is 0 Å². The Balaban J connectivity index is 0.00000264. The van der Waals surface area contributed by atoms with Crippen LogP contribution in [0.15, 0.2) is 24.3 Å². The molecule has 0 radical (unpaired) electrons. The van der Waals surface area contributed by atoms with Crippen molar-refractivity contribution in [2.24, 2.45) is 17.6 Å². The average Bonchev–Trinajstić information content (AvgIpc) is 2.49. The Kier molecular flexibility index (Phi) is 8.07. The molecule has 0 spiro atoms. The summed E-state index contributed by atoms with van der Waals surface area (Å²) in [5.41, 5.74) is 8.46. The van der Waals surface area contributed by atoms with Gasteiger partial charge in [0.1, 0.15) is 0 Å². The van der Waals surface area contributed by atoms with E-state index in [-0.39, 0.29) is 24.4 Å². The molecule has 130 valence electrons. The number of hydrogen-bond donors (Lipinski definition) is 1. The number of nitrogens with zero attached hydrogens (tertiary/aromatic N) is 1. The fourth-order valence-electron chi connectivity index (χ4n) is 3.22. The normalized spacial score (nSPS) is 19.3. The molecule has 0 aromatic heterocycles. The molecule has 2 N–H and O–H groups in total. The summed E-state index contributed by atoms with van der Waals surface area (Å²) < 4.78 is 0. The van der Waals surface area contributed by atoms with Gasteiger partial charge < -0.3 is 10.6 Å². The van der Waals surface area contributed by atoms with E-state index in [1.54, 1.807) is 0 Å². The third-order valence-corrected chi connectivity index (χ3v) is 4.58. The molecule has 4 heteroatoms. The van der Waals surface area contributed by atoms with Crippen molar-refractivity contribution in [1.29, 1.82) is 0 Å². The maximum Gasteiger partial charge on any atom is 0.226 e. The lowest BCUT2D eigenvalue weighted by Gasteiger charge is -2.34. The zero-order valence-electron chi connectivity index (χ0n) is 14.6. The molecular formula is C19H31ClN2O. The molecule has 1 saturated heterocycles. The van der Waals surface area contributed by atoms with Crippen LogP contribution >= 0.6 is 12.4 Å². The first-order valence-electron chi connectivity index (χ1n) is 8.57. The molecule has 1 fully saturated rings. The molecule has 1 heterocycles. The molecule has 1 aromatic rings. The Hall–Kier alpha value is -1.06. The van der Waals surface area contributed by atoms with Gasteiger partial charge in [0, 0.05) is 19.1 Å². The lowest BCUT2D eigenvalue weighted by molar-refractivity contribution is -0.132. The number of benzene rings is 1. The van der Waals surface area contributed by atoms with Crippen molar-refractivity contribution < 1.29 is 4.79 Å². The number of hydrogen-bond acceptors (Lipinski definition) is 2. The lowest BCUT2D eigenvalue weighted by atomic mass is 9.92. The van der Waals surface area contributed by atoms with Crippen LogP contribution in [-0.4, -0.2) is 29.9 Å². The highest BCUT2D eigenvalue weighted by atomic mass is 35.5. The Labute approximate surface area is 147 Å². The maximum absolute atomic E-state index is 12.5. The highest BCUT2D eigenvalue weighted by molar-refractivity contribution is 5.85. The van der Waals surface area contributed by atoms with Gasteiger partial charge in [-0.25, -0.2) is 0 Å². The summed E-state index contributed by atoms with van der Waals surface area (Å²) in [6, 6.07) is 8.68. The van der Waals surface area contributed by atoms with Crippen LogP contribution in [0.1, 0.15) is 44.7 Å². The number of halogens is 1. The molecule has 1 aliphatic heterocycles. The van der Waals surface area contributed by atoms with Crippen LogP contribution < -0.4 is 5.73 Å². The van der Waals surface area contributed by atoms with Crippen molar-refractivity contribution in [1.82, 2.24) is 4.90 Å². The second-order valence-corrected chi connectivity index (χ2v) is 7.19. The Morgan fingerprint density at radius 3 is 2.39 bits per heavy atom. The number of piperidine rings is 1. The molecule has 1 amide bonds. The molecule has 0 aliphatic carbocycles. The molecule has 3 nitrogen and oxygen atoms in total. The highest BCUT2D eigenvalue weighted by Gasteiger charge is 2.25. The molecule has 1 aromatic carbocycles. The third-order valence-electron chi connectivity index (χ3n) is 4.58. The maximum atomic E-state index is 12.5. The van der Waals surface area contributed by atoms with E-state index in [2.05, 4.69) is 38.1 Å². The summed E-state index contributed by atoms with van der Waals surface area (Å²) >= 11 is 0. The number of carbonyl (C=O) groups is 1. The van der Waals surface area contributed by atoms with Gasteiger partial charge in [0.25, 0.3) is 0 Å².